The van der Waals surface area contributed by atoms with Gasteiger partial charge in [-0.05, 0) is 11.1 Å². The van der Waals surface area contributed by atoms with E-state index in [-0.39, 0.29) is 0 Å². The maximum Gasteiger partial charge on any atom is 0.294 e. The van der Waals surface area contributed by atoms with Crippen LogP contribution in [-0.4, -0.2) is 9.69 Å². The van der Waals surface area contributed by atoms with Crippen molar-refractivity contribution in [3.63, 3.8) is 0 Å². The van der Waals surface area contributed by atoms with Gasteiger partial charge in [0, 0.05) is 0 Å². The second kappa shape index (κ2) is 4.88. The molecular formula is C14H11Cl2FO. The summed E-state index contributed by atoms with van der Waals surface area (Å²) in [7, 11) is 0. The Morgan fingerprint density at radius 1 is 0.778 bits per heavy atom. The predicted molar refractivity (Wildman–Crippen MR) is 71.4 cm³/mol. The van der Waals surface area contributed by atoms with Gasteiger partial charge >= 0.3 is 0 Å². The van der Waals surface area contributed by atoms with Crippen LogP contribution in [0.3, 0.4) is 0 Å². The molecule has 0 radical (unpaired) electrons. The Labute approximate surface area is 115 Å². The number of rotatable bonds is 3. The van der Waals surface area contributed by atoms with Gasteiger partial charge in [0.05, 0.1) is 0 Å². The number of halogens is 3. The van der Waals surface area contributed by atoms with Gasteiger partial charge in [-0.3, -0.25) is 0 Å². The standard InChI is InChI=1S/C14H11Cl2FO/c15-14(16,17)13(18,11-7-3-1-4-8-11)12-9-5-2-6-10-12/h1-10,18H. The lowest BCUT2D eigenvalue weighted by atomic mass is 9.87. The molecule has 0 saturated heterocycles. The van der Waals surface area contributed by atoms with E-state index in [1.165, 1.54) is 0 Å². The third-order valence-electron chi connectivity index (χ3n) is 2.79. The van der Waals surface area contributed by atoms with Crippen LogP contribution < -0.4 is 0 Å². The van der Waals surface area contributed by atoms with Gasteiger partial charge < -0.3 is 5.11 Å². The van der Waals surface area contributed by atoms with Crippen molar-refractivity contribution in [1.29, 1.82) is 0 Å². The molecule has 2 aromatic rings. The van der Waals surface area contributed by atoms with Gasteiger partial charge in [-0.2, -0.15) is 0 Å². The fourth-order valence-corrected chi connectivity index (χ4v) is 2.29. The van der Waals surface area contributed by atoms with Crippen molar-refractivity contribution in [2.24, 2.45) is 0 Å². The highest BCUT2D eigenvalue weighted by atomic mass is 35.5. The van der Waals surface area contributed by atoms with Gasteiger partial charge in [0.2, 0.25) is 0 Å². The normalized spacial score (nSPS) is 12.4. The topological polar surface area (TPSA) is 20.2 Å². The van der Waals surface area contributed by atoms with Crippen LogP contribution in [0.1, 0.15) is 11.1 Å². The molecule has 0 aromatic heterocycles. The largest absolute Gasteiger partial charge is 0.375 e. The van der Waals surface area contributed by atoms with E-state index in [0.717, 1.165) is 0 Å². The van der Waals surface area contributed by atoms with E-state index >= 15 is 0 Å². The molecule has 0 aliphatic rings. The highest BCUT2D eigenvalue weighted by Crippen LogP contribution is 2.47. The quantitative estimate of drug-likeness (QED) is 0.844. The average molecular weight is 285 g/mol. The van der Waals surface area contributed by atoms with E-state index < -0.39 is 10.2 Å². The molecule has 0 aliphatic carbocycles. The predicted octanol–water partition coefficient (Wildman–Crippen LogP) is 4.02. The van der Waals surface area contributed by atoms with Crippen molar-refractivity contribution in [1.82, 2.24) is 0 Å². The smallest absolute Gasteiger partial charge is 0.294 e. The molecule has 1 N–H and O–H groups in total. The first kappa shape index (κ1) is 13.3. The molecule has 2 rings (SSSR count). The number of hydrogen-bond donors (Lipinski definition) is 1. The molecular weight excluding hydrogens is 274 g/mol. The summed E-state index contributed by atoms with van der Waals surface area (Å²) < 4.78 is 11.3. The molecule has 0 atom stereocenters. The van der Waals surface area contributed by atoms with Crippen molar-refractivity contribution >= 4 is 23.2 Å². The number of hydrogen-bond acceptors (Lipinski definition) is 1. The van der Waals surface area contributed by atoms with Gasteiger partial charge in [0.15, 0.2) is 5.60 Å². The van der Waals surface area contributed by atoms with E-state index in [0.29, 0.717) is 11.1 Å². The summed E-state index contributed by atoms with van der Waals surface area (Å²) in [5.41, 5.74) is -1.52. The van der Waals surface area contributed by atoms with E-state index in [2.05, 4.69) is 0 Å². The Morgan fingerprint density at radius 3 is 1.39 bits per heavy atom. The lowest BCUT2D eigenvalue weighted by Gasteiger charge is -2.34. The summed E-state index contributed by atoms with van der Waals surface area (Å²) in [4.78, 5) is 0. The van der Waals surface area contributed by atoms with Crippen LogP contribution in [0.4, 0.5) is 4.39 Å². The number of benzene rings is 2. The Hall–Kier alpha value is -1.09. The maximum atomic E-state index is 14.1. The monoisotopic (exact) mass is 284 g/mol. The molecule has 0 heterocycles. The lowest BCUT2D eigenvalue weighted by molar-refractivity contribution is 0.0121. The second-order valence-electron chi connectivity index (χ2n) is 3.94. The van der Waals surface area contributed by atoms with Crippen LogP contribution in [0.5, 0.6) is 0 Å². The van der Waals surface area contributed by atoms with Crippen LogP contribution in [0.2, 0.25) is 0 Å². The SMILES string of the molecule is OC(c1ccccc1)(c1ccccc1)C(F)(Cl)Cl. The molecule has 0 saturated carbocycles. The van der Waals surface area contributed by atoms with E-state index in [1.807, 2.05) is 0 Å². The van der Waals surface area contributed by atoms with Gasteiger partial charge in [-0.1, -0.05) is 83.9 Å². The highest BCUT2D eigenvalue weighted by molar-refractivity contribution is 6.48. The first-order valence-corrected chi connectivity index (χ1v) is 6.12. The first-order valence-electron chi connectivity index (χ1n) is 5.36. The van der Waals surface area contributed by atoms with Gasteiger partial charge in [0.1, 0.15) is 0 Å². The third kappa shape index (κ3) is 2.24. The summed E-state index contributed by atoms with van der Waals surface area (Å²) in [6.45, 7) is 0. The van der Waals surface area contributed by atoms with Gasteiger partial charge in [-0.15, -0.1) is 0 Å². The van der Waals surface area contributed by atoms with Crippen molar-refractivity contribution in [2.45, 2.75) is 10.2 Å². The van der Waals surface area contributed by atoms with Crippen LogP contribution in [0.25, 0.3) is 0 Å². The minimum atomic E-state index is -2.84. The minimum Gasteiger partial charge on any atom is -0.375 e. The Bertz CT molecular complexity index is 469. The zero-order valence-corrected chi connectivity index (χ0v) is 10.9. The van der Waals surface area contributed by atoms with E-state index in [4.69, 9.17) is 23.2 Å². The van der Waals surface area contributed by atoms with Crippen LogP contribution in [0.15, 0.2) is 60.7 Å². The fourth-order valence-electron chi connectivity index (χ4n) is 1.85. The molecule has 94 valence electrons. The van der Waals surface area contributed by atoms with Gasteiger partial charge in [0.25, 0.3) is 4.59 Å². The highest BCUT2D eigenvalue weighted by Gasteiger charge is 2.51. The summed E-state index contributed by atoms with van der Waals surface area (Å²) in [5.74, 6) is 0. The Balaban J connectivity index is 2.63. The molecule has 0 aliphatic heterocycles. The zero-order valence-electron chi connectivity index (χ0n) is 9.35. The summed E-state index contributed by atoms with van der Waals surface area (Å²) in [6, 6.07) is 16.6. The molecule has 1 nitrogen and oxygen atoms in total. The molecule has 0 unspecified atom stereocenters. The molecule has 2 aromatic carbocycles. The maximum absolute atomic E-state index is 14.1. The number of aliphatic hydroxyl groups is 1. The minimum absolute atomic E-state index is 0.295. The molecule has 4 heteroatoms. The number of alkyl halides is 3. The lowest BCUT2D eigenvalue weighted by Crippen LogP contribution is -2.41. The molecule has 0 bridgehead atoms. The van der Waals surface area contributed by atoms with Crippen molar-refractivity contribution in [3.8, 4) is 0 Å². The molecule has 0 amide bonds. The van der Waals surface area contributed by atoms with E-state index in [1.54, 1.807) is 60.7 Å². The van der Waals surface area contributed by atoms with Gasteiger partial charge in [-0.25, -0.2) is 4.39 Å². The zero-order chi connectivity index (χ0) is 13.2. The molecule has 0 spiro atoms. The molecule has 18 heavy (non-hydrogen) atoms. The third-order valence-corrected chi connectivity index (χ3v) is 3.34. The van der Waals surface area contributed by atoms with Crippen molar-refractivity contribution < 1.29 is 9.50 Å². The second-order valence-corrected chi connectivity index (χ2v) is 5.18. The summed E-state index contributed by atoms with van der Waals surface area (Å²) in [5, 5.41) is 10.7. The Morgan fingerprint density at radius 2 is 1.11 bits per heavy atom. The van der Waals surface area contributed by atoms with Crippen molar-refractivity contribution in [3.05, 3.63) is 71.8 Å². The van der Waals surface area contributed by atoms with Crippen LogP contribution >= 0.6 is 23.2 Å². The molecule has 0 fully saturated rings. The summed E-state index contributed by atoms with van der Waals surface area (Å²) in [6.07, 6.45) is 0. The van der Waals surface area contributed by atoms with Crippen molar-refractivity contribution in [2.75, 3.05) is 0 Å². The first-order chi connectivity index (χ1) is 8.46. The van der Waals surface area contributed by atoms with E-state index in [9.17, 15) is 9.50 Å². The van der Waals surface area contributed by atoms with Crippen LogP contribution in [0, 0.1) is 0 Å². The van der Waals surface area contributed by atoms with Crippen LogP contribution in [-0.2, 0) is 5.60 Å². The Kier molecular flexibility index (Phi) is 3.62. The fraction of sp³-hybridized carbons (Fsp3) is 0.143. The summed E-state index contributed by atoms with van der Waals surface area (Å²) >= 11 is 11.1. The average Bonchev–Trinajstić information content (AvgIpc) is 2.38.